The van der Waals surface area contributed by atoms with Crippen molar-refractivity contribution in [1.82, 2.24) is 0 Å². The van der Waals surface area contributed by atoms with Gasteiger partial charge < -0.3 is 14.8 Å². The Labute approximate surface area is 171 Å². The van der Waals surface area contributed by atoms with Crippen molar-refractivity contribution in [2.45, 2.75) is 44.9 Å². The molecule has 1 aliphatic carbocycles. The van der Waals surface area contributed by atoms with Gasteiger partial charge in [0.25, 0.3) is 5.91 Å². The van der Waals surface area contributed by atoms with E-state index >= 15 is 0 Å². The Morgan fingerprint density at radius 3 is 2.71 bits per heavy atom. The molecule has 2 heterocycles. The van der Waals surface area contributed by atoms with Crippen LogP contribution in [0.1, 0.15) is 59.3 Å². The van der Waals surface area contributed by atoms with E-state index in [9.17, 15) is 14.4 Å². The Balaban J connectivity index is 1.47. The third-order valence-corrected chi connectivity index (χ3v) is 6.17. The molecule has 3 rings (SSSR count). The molecule has 1 fully saturated rings. The Hall–Kier alpha value is -2.19. The molecule has 0 spiro atoms. The average Bonchev–Trinajstić information content (AvgIpc) is 3.22. The van der Waals surface area contributed by atoms with Crippen molar-refractivity contribution in [1.29, 1.82) is 0 Å². The van der Waals surface area contributed by atoms with Crippen LogP contribution < -0.4 is 5.32 Å². The van der Waals surface area contributed by atoms with Crippen molar-refractivity contribution in [3.63, 3.8) is 0 Å². The minimum atomic E-state index is -0.457. The molecule has 0 unspecified atom stereocenters. The van der Waals surface area contributed by atoms with Gasteiger partial charge >= 0.3 is 11.9 Å². The lowest BCUT2D eigenvalue weighted by Gasteiger charge is -2.09. The number of hydrogen-bond donors (Lipinski definition) is 1. The van der Waals surface area contributed by atoms with Crippen LogP contribution in [0.2, 0.25) is 0 Å². The second kappa shape index (κ2) is 9.84. The molecule has 2 aromatic rings. The molecular weight excluding hydrogens is 398 g/mol. The van der Waals surface area contributed by atoms with Gasteiger partial charge in [-0.1, -0.05) is 6.07 Å². The summed E-state index contributed by atoms with van der Waals surface area (Å²) in [6.07, 6.45) is 3.86. The molecule has 28 heavy (non-hydrogen) atoms. The Bertz CT molecular complexity index is 824. The van der Waals surface area contributed by atoms with Crippen LogP contribution in [0.4, 0.5) is 5.00 Å². The second-order valence-electron chi connectivity index (χ2n) is 6.53. The van der Waals surface area contributed by atoms with Crippen LogP contribution in [-0.4, -0.2) is 31.1 Å². The number of esters is 2. The van der Waals surface area contributed by atoms with Crippen molar-refractivity contribution >= 4 is 45.5 Å². The SMILES string of the molecule is CCOC(=O)c1c(C2CC2)csc1NC(=O)COC(=O)CCCc1cccs1. The number of rotatable bonds is 10. The summed E-state index contributed by atoms with van der Waals surface area (Å²) in [7, 11) is 0. The van der Waals surface area contributed by atoms with Crippen LogP contribution in [0.15, 0.2) is 22.9 Å². The third-order valence-electron chi connectivity index (χ3n) is 4.32. The highest BCUT2D eigenvalue weighted by Crippen LogP contribution is 2.46. The number of ether oxygens (including phenoxy) is 2. The topological polar surface area (TPSA) is 81.7 Å². The maximum absolute atomic E-state index is 12.3. The van der Waals surface area contributed by atoms with E-state index < -0.39 is 17.8 Å². The predicted molar refractivity (Wildman–Crippen MR) is 109 cm³/mol. The molecule has 1 saturated carbocycles. The van der Waals surface area contributed by atoms with Crippen molar-refractivity contribution in [3.8, 4) is 0 Å². The third kappa shape index (κ3) is 5.65. The fourth-order valence-electron chi connectivity index (χ4n) is 2.81. The van der Waals surface area contributed by atoms with Gasteiger partial charge in [-0.2, -0.15) is 0 Å². The quantitative estimate of drug-likeness (QED) is 0.576. The zero-order chi connectivity index (χ0) is 19.9. The van der Waals surface area contributed by atoms with E-state index in [1.807, 2.05) is 22.9 Å². The van der Waals surface area contributed by atoms with E-state index in [0.29, 0.717) is 22.9 Å². The predicted octanol–water partition coefficient (Wildman–Crippen LogP) is 4.37. The monoisotopic (exact) mass is 421 g/mol. The van der Waals surface area contributed by atoms with E-state index in [-0.39, 0.29) is 19.6 Å². The second-order valence-corrected chi connectivity index (χ2v) is 8.44. The van der Waals surface area contributed by atoms with Crippen molar-refractivity contribution in [2.75, 3.05) is 18.5 Å². The Morgan fingerprint density at radius 1 is 1.21 bits per heavy atom. The van der Waals surface area contributed by atoms with E-state index in [0.717, 1.165) is 24.8 Å². The van der Waals surface area contributed by atoms with E-state index in [4.69, 9.17) is 9.47 Å². The number of carbonyl (C=O) groups excluding carboxylic acids is 3. The number of hydrogen-bond acceptors (Lipinski definition) is 7. The molecule has 0 bridgehead atoms. The fourth-order valence-corrected chi connectivity index (χ4v) is 4.61. The van der Waals surface area contributed by atoms with Crippen LogP contribution >= 0.6 is 22.7 Å². The molecule has 150 valence electrons. The number of amides is 1. The minimum absolute atomic E-state index is 0.268. The van der Waals surface area contributed by atoms with Gasteiger partial charge in [0.2, 0.25) is 0 Å². The molecule has 1 aliphatic rings. The van der Waals surface area contributed by atoms with Crippen LogP contribution in [0.5, 0.6) is 0 Å². The molecule has 1 N–H and O–H groups in total. The molecule has 0 saturated heterocycles. The summed E-state index contributed by atoms with van der Waals surface area (Å²) in [5.41, 5.74) is 1.37. The molecule has 2 aromatic heterocycles. The molecule has 0 aliphatic heterocycles. The summed E-state index contributed by atoms with van der Waals surface area (Å²) >= 11 is 2.96. The standard InChI is InChI=1S/C20H23NO5S2/c1-2-25-20(24)18-15(13-8-9-13)12-28-19(18)21-16(22)11-26-17(23)7-3-5-14-6-4-10-27-14/h4,6,10,12-13H,2-3,5,7-9,11H2,1H3,(H,21,22). The molecule has 6 nitrogen and oxygen atoms in total. The smallest absolute Gasteiger partial charge is 0.341 e. The van der Waals surface area contributed by atoms with E-state index in [1.54, 1.807) is 18.3 Å². The highest BCUT2D eigenvalue weighted by molar-refractivity contribution is 7.15. The zero-order valence-electron chi connectivity index (χ0n) is 15.7. The first-order valence-electron chi connectivity index (χ1n) is 9.34. The van der Waals surface area contributed by atoms with Gasteiger partial charge in [-0.3, -0.25) is 9.59 Å². The zero-order valence-corrected chi connectivity index (χ0v) is 17.3. The highest BCUT2D eigenvalue weighted by atomic mass is 32.1. The summed E-state index contributed by atoms with van der Waals surface area (Å²) in [6, 6.07) is 4.01. The molecule has 0 radical (unpaired) electrons. The Morgan fingerprint density at radius 2 is 2.04 bits per heavy atom. The van der Waals surface area contributed by atoms with Crippen molar-refractivity contribution in [3.05, 3.63) is 38.9 Å². The molecule has 1 amide bonds. The van der Waals surface area contributed by atoms with Crippen molar-refractivity contribution in [2.24, 2.45) is 0 Å². The number of anilines is 1. The molecule has 0 aromatic carbocycles. The van der Waals surface area contributed by atoms with Crippen LogP contribution in [0.25, 0.3) is 0 Å². The van der Waals surface area contributed by atoms with Gasteiger partial charge in [-0.25, -0.2) is 4.79 Å². The molecule has 8 heteroatoms. The molecule has 0 atom stereocenters. The first-order valence-corrected chi connectivity index (χ1v) is 11.1. The summed E-state index contributed by atoms with van der Waals surface area (Å²) in [6.45, 7) is 1.66. The minimum Gasteiger partial charge on any atom is -0.462 e. The number of aryl methyl sites for hydroxylation is 1. The van der Waals surface area contributed by atoms with Gasteiger partial charge in [-0.15, -0.1) is 22.7 Å². The van der Waals surface area contributed by atoms with E-state index in [1.165, 1.54) is 16.2 Å². The highest BCUT2D eigenvalue weighted by Gasteiger charge is 2.32. The summed E-state index contributed by atoms with van der Waals surface area (Å²) < 4.78 is 10.2. The number of thiophene rings is 2. The van der Waals surface area contributed by atoms with Gasteiger partial charge in [0.15, 0.2) is 6.61 Å². The molecular formula is C20H23NO5S2. The summed E-state index contributed by atoms with van der Waals surface area (Å²) in [4.78, 5) is 37.5. The van der Waals surface area contributed by atoms with Gasteiger partial charge in [0, 0.05) is 11.3 Å². The maximum Gasteiger partial charge on any atom is 0.341 e. The van der Waals surface area contributed by atoms with Gasteiger partial charge in [-0.05, 0) is 60.9 Å². The first-order chi connectivity index (χ1) is 13.6. The van der Waals surface area contributed by atoms with E-state index in [2.05, 4.69) is 5.32 Å². The summed E-state index contributed by atoms with van der Waals surface area (Å²) in [5, 5.41) is 7.05. The lowest BCUT2D eigenvalue weighted by atomic mass is 10.1. The number of carbonyl (C=O) groups is 3. The van der Waals surface area contributed by atoms with Gasteiger partial charge in [0.05, 0.1) is 12.2 Å². The van der Waals surface area contributed by atoms with Gasteiger partial charge in [0.1, 0.15) is 5.00 Å². The van der Waals surface area contributed by atoms with Crippen LogP contribution in [-0.2, 0) is 25.5 Å². The first kappa shape index (κ1) is 20.5. The van der Waals surface area contributed by atoms with Crippen LogP contribution in [0, 0.1) is 0 Å². The lowest BCUT2D eigenvalue weighted by Crippen LogP contribution is -2.21. The van der Waals surface area contributed by atoms with Crippen molar-refractivity contribution < 1.29 is 23.9 Å². The number of nitrogens with one attached hydrogen (secondary N) is 1. The van der Waals surface area contributed by atoms with Crippen LogP contribution in [0.3, 0.4) is 0 Å². The Kier molecular flexibility index (Phi) is 7.22. The largest absolute Gasteiger partial charge is 0.462 e. The maximum atomic E-state index is 12.3. The summed E-state index contributed by atoms with van der Waals surface area (Å²) in [5.74, 6) is -0.919. The normalized spacial score (nSPS) is 13.2. The lowest BCUT2D eigenvalue weighted by molar-refractivity contribution is -0.147. The average molecular weight is 422 g/mol. The fraction of sp³-hybridized carbons (Fsp3) is 0.450.